The Kier molecular flexibility index (Phi) is 5.03. The van der Waals surface area contributed by atoms with Gasteiger partial charge >= 0.3 is 0 Å². The van der Waals surface area contributed by atoms with E-state index >= 15 is 0 Å². The van der Waals surface area contributed by atoms with Gasteiger partial charge in [0.05, 0.1) is 18.6 Å². The molecular formula is C19H22N2O2. The normalized spacial score (nSPS) is 18.6. The molecule has 1 aliphatic heterocycles. The quantitative estimate of drug-likeness (QED) is 0.919. The van der Waals surface area contributed by atoms with Gasteiger partial charge in [-0.3, -0.25) is 9.78 Å². The van der Waals surface area contributed by atoms with Crippen molar-refractivity contribution in [3.63, 3.8) is 0 Å². The van der Waals surface area contributed by atoms with Crippen LogP contribution in [0.25, 0.3) is 11.1 Å². The SMILES string of the molecule is C[C@H](NC(=O)C[C@H]1CCCO1)c1ccc(-c2cccnc2)cc1. The predicted octanol–water partition coefficient (Wildman–Crippen LogP) is 3.49. The lowest BCUT2D eigenvalue weighted by atomic mass is 10.0. The molecule has 1 N–H and O–H groups in total. The van der Waals surface area contributed by atoms with Gasteiger partial charge in [0.1, 0.15) is 0 Å². The number of aromatic nitrogens is 1. The molecule has 4 heteroatoms. The monoisotopic (exact) mass is 310 g/mol. The molecule has 0 spiro atoms. The Morgan fingerprint density at radius 3 is 2.78 bits per heavy atom. The molecule has 1 aromatic heterocycles. The Balaban J connectivity index is 1.59. The van der Waals surface area contributed by atoms with Crippen LogP contribution in [0.15, 0.2) is 48.8 Å². The Bertz CT molecular complexity index is 634. The molecule has 1 fully saturated rings. The third kappa shape index (κ3) is 4.17. The van der Waals surface area contributed by atoms with Crippen molar-refractivity contribution >= 4 is 5.91 Å². The van der Waals surface area contributed by atoms with Crippen LogP contribution in [0.2, 0.25) is 0 Å². The van der Waals surface area contributed by atoms with Gasteiger partial charge in [-0.1, -0.05) is 30.3 Å². The number of hydrogen-bond donors (Lipinski definition) is 1. The first kappa shape index (κ1) is 15.7. The van der Waals surface area contributed by atoms with Crippen molar-refractivity contribution in [1.82, 2.24) is 10.3 Å². The van der Waals surface area contributed by atoms with Crippen LogP contribution in [0, 0.1) is 0 Å². The lowest BCUT2D eigenvalue weighted by molar-refractivity contribution is -0.123. The summed E-state index contributed by atoms with van der Waals surface area (Å²) in [6.07, 6.45) is 6.21. The van der Waals surface area contributed by atoms with E-state index in [2.05, 4.69) is 34.6 Å². The molecule has 0 unspecified atom stereocenters. The topological polar surface area (TPSA) is 51.2 Å². The molecule has 120 valence electrons. The minimum atomic E-state index is -0.00754. The summed E-state index contributed by atoms with van der Waals surface area (Å²) in [7, 11) is 0. The number of rotatable bonds is 5. The van der Waals surface area contributed by atoms with Gasteiger partial charge in [-0.05, 0) is 42.5 Å². The van der Waals surface area contributed by atoms with Crippen molar-refractivity contribution in [2.24, 2.45) is 0 Å². The lowest BCUT2D eigenvalue weighted by Crippen LogP contribution is -2.29. The molecule has 2 atom stereocenters. The molecule has 0 radical (unpaired) electrons. The fourth-order valence-electron chi connectivity index (χ4n) is 2.89. The maximum absolute atomic E-state index is 12.1. The number of carbonyl (C=O) groups is 1. The molecule has 2 aromatic rings. The summed E-state index contributed by atoms with van der Waals surface area (Å²) in [6.45, 7) is 2.79. The van der Waals surface area contributed by atoms with Gasteiger partial charge in [0.2, 0.25) is 5.91 Å². The molecule has 1 saturated heterocycles. The molecular weight excluding hydrogens is 288 g/mol. The predicted molar refractivity (Wildman–Crippen MR) is 89.8 cm³/mol. The molecule has 23 heavy (non-hydrogen) atoms. The van der Waals surface area contributed by atoms with E-state index in [9.17, 15) is 4.79 Å². The summed E-state index contributed by atoms with van der Waals surface area (Å²) >= 11 is 0. The number of hydrogen-bond acceptors (Lipinski definition) is 3. The van der Waals surface area contributed by atoms with Crippen molar-refractivity contribution in [3.8, 4) is 11.1 Å². The van der Waals surface area contributed by atoms with Crippen LogP contribution in [0.5, 0.6) is 0 Å². The minimum absolute atomic E-state index is 0.00754. The first-order valence-corrected chi connectivity index (χ1v) is 8.14. The van der Waals surface area contributed by atoms with Crippen molar-refractivity contribution in [1.29, 1.82) is 0 Å². The van der Waals surface area contributed by atoms with E-state index in [4.69, 9.17) is 4.74 Å². The van der Waals surface area contributed by atoms with Gasteiger partial charge in [0.25, 0.3) is 0 Å². The second-order valence-electron chi connectivity index (χ2n) is 5.99. The standard InChI is InChI=1S/C19H22N2O2/c1-14(21-19(22)12-18-5-3-11-23-18)15-6-8-16(9-7-15)17-4-2-10-20-13-17/h2,4,6-10,13-14,18H,3,5,11-12H2,1H3,(H,21,22)/t14-,18+/m0/s1. The first-order valence-electron chi connectivity index (χ1n) is 8.14. The minimum Gasteiger partial charge on any atom is -0.378 e. The maximum atomic E-state index is 12.1. The van der Waals surface area contributed by atoms with E-state index in [0.717, 1.165) is 36.1 Å². The number of nitrogens with one attached hydrogen (secondary N) is 1. The van der Waals surface area contributed by atoms with E-state index in [1.54, 1.807) is 6.20 Å². The van der Waals surface area contributed by atoms with Crippen molar-refractivity contribution in [2.75, 3.05) is 6.61 Å². The van der Waals surface area contributed by atoms with Gasteiger partial charge in [0, 0.05) is 19.0 Å². The number of ether oxygens (including phenoxy) is 1. The van der Waals surface area contributed by atoms with Crippen LogP contribution in [0.3, 0.4) is 0 Å². The van der Waals surface area contributed by atoms with Crippen LogP contribution in [0.1, 0.15) is 37.8 Å². The highest BCUT2D eigenvalue weighted by molar-refractivity contribution is 5.77. The molecule has 0 saturated carbocycles. The molecule has 2 heterocycles. The highest BCUT2D eigenvalue weighted by atomic mass is 16.5. The van der Waals surface area contributed by atoms with Crippen molar-refractivity contribution in [2.45, 2.75) is 38.3 Å². The lowest BCUT2D eigenvalue weighted by Gasteiger charge is -2.16. The average molecular weight is 310 g/mol. The highest BCUT2D eigenvalue weighted by Crippen LogP contribution is 2.21. The maximum Gasteiger partial charge on any atom is 0.223 e. The fourth-order valence-corrected chi connectivity index (χ4v) is 2.89. The van der Waals surface area contributed by atoms with E-state index in [-0.39, 0.29) is 18.1 Å². The Labute approximate surface area is 136 Å². The average Bonchev–Trinajstić information content (AvgIpc) is 3.08. The van der Waals surface area contributed by atoms with E-state index in [0.29, 0.717) is 6.42 Å². The van der Waals surface area contributed by atoms with E-state index in [1.807, 2.05) is 25.3 Å². The van der Waals surface area contributed by atoms with E-state index < -0.39 is 0 Å². The van der Waals surface area contributed by atoms with Crippen LogP contribution < -0.4 is 5.32 Å². The smallest absolute Gasteiger partial charge is 0.223 e. The van der Waals surface area contributed by atoms with Crippen LogP contribution >= 0.6 is 0 Å². The summed E-state index contributed by atoms with van der Waals surface area (Å²) in [5.41, 5.74) is 3.31. The van der Waals surface area contributed by atoms with Crippen molar-refractivity contribution < 1.29 is 9.53 Å². The highest BCUT2D eigenvalue weighted by Gasteiger charge is 2.20. The van der Waals surface area contributed by atoms with E-state index in [1.165, 1.54) is 0 Å². The Morgan fingerprint density at radius 2 is 2.13 bits per heavy atom. The molecule has 1 amide bonds. The summed E-state index contributed by atoms with van der Waals surface area (Å²) in [5.74, 6) is 0.0562. The second-order valence-corrected chi connectivity index (χ2v) is 5.99. The first-order chi connectivity index (χ1) is 11.2. The Hall–Kier alpha value is -2.20. The molecule has 1 aromatic carbocycles. The Morgan fingerprint density at radius 1 is 1.30 bits per heavy atom. The third-order valence-corrected chi connectivity index (χ3v) is 4.22. The third-order valence-electron chi connectivity index (χ3n) is 4.22. The van der Waals surface area contributed by atoms with Gasteiger partial charge in [-0.15, -0.1) is 0 Å². The van der Waals surface area contributed by atoms with Crippen LogP contribution in [0.4, 0.5) is 0 Å². The number of pyridine rings is 1. The second kappa shape index (κ2) is 7.38. The summed E-state index contributed by atoms with van der Waals surface area (Å²) in [6, 6.07) is 12.2. The zero-order chi connectivity index (χ0) is 16.1. The number of amides is 1. The summed E-state index contributed by atoms with van der Waals surface area (Å²) in [4.78, 5) is 16.2. The molecule has 4 nitrogen and oxygen atoms in total. The molecule has 3 rings (SSSR count). The van der Waals surface area contributed by atoms with Crippen molar-refractivity contribution in [3.05, 3.63) is 54.4 Å². The summed E-state index contributed by atoms with van der Waals surface area (Å²) in [5, 5.41) is 3.05. The molecule has 0 bridgehead atoms. The van der Waals surface area contributed by atoms with Gasteiger partial charge in [0.15, 0.2) is 0 Å². The zero-order valence-electron chi connectivity index (χ0n) is 13.4. The molecule has 0 aliphatic carbocycles. The fraction of sp³-hybridized carbons (Fsp3) is 0.368. The number of benzene rings is 1. The molecule has 1 aliphatic rings. The number of carbonyl (C=O) groups excluding carboxylic acids is 1. The van der Waals surface area contributed by atoms with Crippen LogP contribution in [-0.4, -0.2) is 23.6 Å². The van der Waals surface area contributed by atoms with Gasteiger partial charge in [-0.25, -0.2) is 0 Å². The summed E-state index contributed by atoms with van der Waals surface area (Å²) < 4.78 is 5.51. The van der Waals surface area contributed by atoms with Gasteiger partial charge in [-0.2, -0.15) is 0 Å². The van der Waals surface area contributed by atoms with Crippen LogP contribution in [-0.2, 0) is 9.53 Å². The number of nitrogens with zero attached hydrogens (tertiary/aromatic N) is 1. The zero-order valence-corrected chi connectivity index (χ0v) is 13.4. The largest absolute Gasteiger partial charge is 0.378 e. The van der Waals surface area contributed by atoms with Gasteiger partial charge < -0.3 is 10.1 Å².